The van der Waals surface area contributed by atoms with Crippen molar-refractivity contribution in [3.8, 4) is 0 Å². The number of benzene rings is 1. The van der Waals surface area contributed by atoms with E-state index in [-0.39, 0.29) is 0 Å². The Morgan fingerprint density at radius 2 is 1.50 bits per heavy atom. The Balaban J connectivity index is 1.50. The van der Waals surface area contributed by atoms with E-state index in [9.17, 15) is 0 Å². The van der Waals surface area contributed by atoms with Gasteiger partial charge in [-0.15, -0.1) is 7.92 Å². The monoisotopic (exact) mass is 260 g/mol. The van der Waals surface area contributed by atoms with Gasteiger partial charge in [0.25, 0.3) is 0 Å². The minimum Gasteiger partial charge on any atom is -0.100 e. The summed E-state index contributed by atoms with van der Waals surface area (Å²) in [5.41, 5.74) is 3.85. The molecule has 0 spiro atoms. The third kappa shape index (κ3) is 2.97. The Hall–Kier alpha value is -0.350. The SMILES string of the molecule is c1ccc(CCCP2C3CCCC2CCC3)cc1. The average molecular weight is 260 g/mol. The summed E-state index contributed by atoms with van der Waals surface area (Å²) in [4.78, 5) is 0. The van der Waals surface area contributed by atoms with Crippen molar-refractivity contribution in [2.75, 3.05) is 6.16 Å². The molecule has 0 unspecified atom stereocenters. The first-order valence-corrected chi connectivity index (χ1v) is 9.40. The molecule has 0 radical (unpaired) electrons. The highest BCUT2D eigenvalue weighted by Crippen LogP contribution is 2.59. The van der Waals surface area contributed by atoms with Crippen LogP contribution in [0.5, 0.6) is 0 Å². The van der Waals surface area contributed by atoms with E-state index in [4.69, 9.17) is 0 Å². The molecule has 2 bridgehead atoms. The molecule has 3 rings (SSSR count). The van der Waals surface area contributed by atoms with Crippen molar-refractivity contribution in [3.63, 3.8) is 0 Å². The third-order valence-electron chi connectivity index (χ3n) is 4.81. The fraction of sp³-hybridized carbons (Fsp3) is 0.647. The van der Waals surface area contributed by atoms with Gasteiger partial charge in [-0.3, -0.25) is 0 Å². The Morgan fingerprint density at radius 1 is 0.889 bits per heavy atom. The van der Waals surface area contributed by atoms with Gasteiger partial charge in [0.1, 0.15) is 0 Å². The summed E-state index contributed by atoms with van der Waals surface area (Å²) in [7, 11) is 0.394. The number of fused-ring (bicyclic) bond motifs is 2. The average Bonchev–Trinajstić information content (AvgIpc) is 2.39. The number of rotatable bonds is 4. The molecule has 2 aliphatic heterocycles. The van der Waals surface area contributed by atoms with E-state index in [1.54, 1.807) is 31.8 Å². The smallest absolute Gasteiger partial charge is 0.0207 e. The third-order valence-corrected chi connectivity index (χ3v) is 8.55. The summed E-state index contributed by atoms with van der Waals surface area (Å²) in [5.74, 6) is 0. The first kappa shape index (κ1) is 12.7. The Labute approximate surface area is 113 Å². The summed E-state index contributed by atoms with van der Waals surface area (Å²) in [6.07, 6.45) is 13.6. The van der Waals surface area contributed by atoms with Gasteiger partial charge in [0, 0.05) is 0 Å². The van der Waals surface area contributed by atoms with Crippen molar-refractivity contribution < 1.29 is 0 Å². The Morgan fingerprint density at radius 3 is 2.11 bits per heavy atom. The summed E-state index contributed by atoms with van der Waals surface area (Å²) in [5, 5.41) is 0. The Kier molecular flexibility index (Phi) is 4.36. The highest BCUT2D eigenvalue weighted by Gasteiger charge is 2.34. The van der Waals surface area contributed by atoms with E-state index in [0.29, 0.717) is 7.92 Å². The van der Waals surface area contributed by atoms with E-state index in [1.165, 1.54) is 31.2 Å². The number of aryl methyl sites for hydroxylation is 1. The van der Waals surface area contributed by atoms with E-state index in [0.717, 1.165) is 11.3 Å². The van der Waals surface area contributed by atoms with Crippen LogP contribution in [0.2, 0.25) is 0 Å². The van der Waals surface area contributed by atoms with Crippen LogP contribution in [0.4, 0.5) is 0 Å². The predicted octanol–water partition coefficient (Wildman–Crippen LogP) is 5.21. The van der Waals surface area contributed by atoms with Gasteiger partial charge in [-0.05, 0) is 61.6 Å². The molecule has 0 atom stereocenters. The van der Waals surface area contributed by atoms with Crippen molar-refractivity contribution in [3.05, 3.63) is 35.9 Å². The van der Waals surface area contributed by atoms with Crippen LogP contribution in [-0.2, 0) is 6.42 Å². The molecular formula is C17H25P. The molecule has 0 aliphatic carbocycles. The van der Waals surface area contributed by atoms with Crippen molar-refractivity contribution >= 4 is 7.92 Å². The van der Waals surface area contributed by atoms with E-state index < -0.39 is 0 Å². The van der Waals surface area contributed by atoms with Crippen LogP contribution in [-0.4, -0.2) is 17.5 Å². The molecule has 0 nitrogen and oxygen atoms in total. The molecule has 1 aromatic rings. The van der Waals surface area contributed by atoms with Gasteiger partial charge in [0.05, 0.1) is 0 Å². The lowest BCUT2D eigenvalue weighted by atomic mass is 9.99. The largest absolute Gasteiger partial charge is 0.100 e. The summed E-state index contributed by atoms with van der Waals surface area (Å²) < 4.78 is 0. The second-order valence-corrected chi connectivity index (χ2v) is 8.93. The predicted molar refractivity (Wildman–Crippen MR) is 81.8 cm³/mol. The molecule has 2 heterocycles. The molecule has 1 heteroatoms. The second kappa shape index (κ2) is 6.20. The second-order valence-electron chi connectivity index (χ2n) is 6.00. The molecule has 1 aromatic carbocycles. The molecule has 0 amide bonds. The van der Waals surface area contributed by atoms with Gasteiger partial charge in [-0.1, -0.05) is 43.2 Å². The van der Waals surface area contributed by atoms with Crippen molar-refractivity contribution in [2.45, 2.75) is 62.7 Å². The van der Waals surface area contributed by atoms with Gasteiger partial charge in [0.2, 0.25) is 0 Å². The van der Waals surface area contributed by atoms with Crippen LogP contribution < -0.4 is 0 Å². The van der Waals surface area contributed by atoms with Crippen LogP contribution in [0.3, 0.4) is 0 Å². The quantitative estimate of drug-likeness (QED) is 0.652. The van der Waals surface area contributed by atoms with Gasteiger partial charge >= 0.3 is 0 Å². The lowest BCUT2D eigenvalue weighted by molar-refractivity contribution is 0.474. The van der Waals surface area contributed by atoms with E-state index >= 15 is 0 Å². The van der Waals surface area contributed by atoms with E-state index in [1.807, 2.05) is 0 Å². The van der Waals surface area contributed by atoms with Gasteiger partial charge < -0.3 is 0 Å². The summed E-state index contributed by atoms with van der Waals surface area (Å²) in [6, 6.07) is 11.1. The highest BCUT2D eigenvalue weighted by atomic mass is 31.1. The van der Waals surface area contributed by atoms with Crippen molar-refractivity contribution in [1.29, 1.82) is 0 Å². The fourth-order valence-corrected chi connectivity index (χ4v) is 7.81. The van der Waals surface area contributed by atoms with Crippen molar-refractivity contribution in [2.24, 2.45) is 0 Å². The lowest BCUT2D eigenvalue weighted by Crippen LogP contribution is -2.27. The standard InChI is InChI=1S/C17H25P/c1-2-7-15(8-3-1)9-6-14-18-16-10-4-11-17(18)13-5-12-16/h1-3,7-8,16-17H,4-6,9-14H2. The summed E-state index contributed by atoms with van der Waals surface area (Å²) >= 11 is 0. The minimum atomic E-state index is 0.394. The zero-order valence-corrected chi connectivity index (χ0v) is 12.2. The fourth-order valence-electron chi connectivity index (χ4n) is 3.90. The first-order chi connectivity index (χ1) is 8.93. The number of hydrogen-bond acceptors (Lipinski definition) is 0. The molecule has 2 fully saturated rings. The molecule has 2 aliphatic rings. The van der Waals surface area contributed by atoms with Crippen LogP contribution >= 0.6 is 7.92 Å². The zero-order valence-electron chi connectivity index (χ0n) is 11.4. The molecule has 2 saturated heterocycles. The molecule has 0 N–H and O–H groups in total. The highest BCUT2D eigenvalue weighted by molar-refractivity contribution is 7.59. The van der Waals surface area contributed by atoms with Gasteiger partial charge in [-0.25, -0.2) is 0 Å². The maximum absolute atomic E-state index is 2.29. The van der Waals surface area contributed by atoms with Crippen LogP contribution in [0, 0.1) is 0 Å². The number of hydrogen-bond donors (Lipinski definition) is 0. The first-order valence-electron chi connectivity index (χ1n) is 7.73. The summed E-state index contributed by atoms with van der Waals surface area (Å²) in [6.45, 7) is 0. The van der Waals surface area contributed by atoms with Gasteiger partial charge in [-0.2, -0.15) is 0 Å². The maximum atomic E-state index is 2.29. The minimum absolute atomic E-state index is 0.394. The topological polar surface area (TPSA) is 0 Å². The zero-order chi connectivity index (χ0) is 12.2. The normalized spacial score (nSPS) is 31.2. The van der Waals surface area contributed by atoms with Crippen LogP contribution in [0.25, 0.3) is 0 Å². The molecule has 98 valence electrons. The Bertz CT molecular complexity index is 337. The lowest BCUT2D eigenvalue weighted by Gasteiger charge is -2.43. The van der Waals surface area contributed by atoms with Crippen LogP contribution in [0.1, 0.15) is 50.5 Å². The molecule has 18 heavy (non-hydrogen) atoms. The van der Waals surface area contributed by atoms with Crippen molar-refractivity contribution in [1.82, 2.24) is 0 Å². The molecule has 0 saturated carbocycles. The van der Waals surface area contributed by atoms with E-state index in [2.05, 4.69) is 30.3 Å². The molecule has 0 aromatic heterocycles. The maximum Gasteiger partial charge on any atom is -0.0207 e. The van der Waals surface area contributed by atoms with Gasteiger partial charge in [0.15, 0.2) is 0 Å². The van der Waals surface area contributed by atoms with Crippen LogP contribution in [0.15, 0.2) is 30.3 Å². The molecular weight excluding hydrogens is 235 g/mol.